The SMILES string of the molecule is CC(C)N(C(=O)C1CC1)C1CCNC1. The summed E-state index contributed by atoms with van der Waals surface area (Å²) in [6, 6.07) is 0.802. The number of carbonyl (C=O) groups excluding carboxylic acids is 1. The largest absolute Gasteiger partial charge is 0.336 e. The van der Waals surface area contributed by atoms with Gasteiger partial charge in [-0.15, -0.1) is 0 Å². The summed E-state index contributed by atoms with van der Waals surface area (Å²) < 4.78 is 0. The zero-order valence-corrected chi connectivity index (χ0v) is 9.12. The molecule has 14 heavy (non-hydrogen) atoms. The molecule has 1 aliphatic heterocycles. The van der Waals surface area contributed by atoms with Gasteiger partial charge < -0.3 is 10.2 Å². The van der Waals surface area contributed by atoms with Gasteiger partial charge in [0.1, 0.15) is 0 Å². The predicted molar refractivity (Wildman–Crippen MR) is 56.0 cm³/mol. The number of amides is 1. The lowest BCUT2D eigenvalue weighted by molar-refractivity contribution is -0.136. The van der Waals surface area contributed by atoms with Crippen molar-refractivity contribution in [1.29, 1.82) is 0 Å². The Morgan fingerprint density at radius 1 is 1.36 bits per heavy atom. The highest BCUT2D eigenvalue weighted by Crippen LogP contribution is 2.32. The monoisotopic (exact) mass is 196 g/mol. The van der Waals surface area contributed by atoms with Gasteiger partial charge in [0.2, 0.25) is 5.91 Å². The van der Waals surface area contributed by atoms with Crippen molar-refractivity contribution in [3.05, 3.63) is 0 Å². The second-order valence-electron chi connectivity index (χ2n) is 4.76. The van der Waals surface area contributed by atoms with Crippen LogP contribution < -0.4 is 5.32 Å². The van der Waals surface area contributed by atoms with Crippen molar-refractivity contribution in [3.8, 4) is 0 Å². The summed E-state index contributed by atoms with van der Waals surface area (Å²) in [5.41, 5.74) is 0. The lowest BCUT2D eigenvalue weighted by atomic mass is 10.1. The van der Waals surface area contributed by atoms with Crippen molar-refractivity contribution in [2.75, 3.05) is 13.1 Å². The van der Waals surface area contributed by atoms with Crippen LogP contribution in [0.4, 0.5) is 0 Å². The molecule has 0 spiro atoms. The Kier molecular flexibility index (Phi) is 2.77. The molecule has 2 fully saturated rings. The Morgan fingerprint density at radius 2 is 2.07 bits per heavy atom. The molecule has 1 saturated heterocycles. The molecular weight excluding hydrogens is 176 g/mol. The highest BCUT2D eigenvalue weighted by atomic mass is 16.2. The molecule has 3 nitrogen and oxygen atoms in total. The fourth-order valence-corrected chi connectivity index (χ4v) is 2.27. The van der Waals surface area contributed by atoms with Crippen LogP contribution in [-0.2, 0) is 4.79 Å². The molecule has 1 atom stereocenters. The van der Waals surface area contributed by atoms with Gasteiger partial charge in [-0.1, -0.05) is 0 Å². The lowest BCUT2D eigenvalue weighted by Gasteiger charge is -2.32. The number of hydrogen-bond acceptors (Lipinski definition) is 2. The van der Waals surface area contributed by atoms with Crippen LogP contribution in [0.15, 0.2) is 0 Å². The summed E-state index contributed by atoms with van der Waals surface area (Å²) in [6.45, 7) is 6.29. The number of nitrogens with zero attached hydrogens (tertiary/aromatic N) is 1. The first-order valence-corrected chi connectivity index (χ1v) is 5.73. The maximum Gasteiger partial charge on any atom is 0.226 e. The van der Waals surface area contributed by atoms with Gasteiger partial charge in [0.05, 0.1) is 0 Å². The number of carbonyl (C=O) groups is 1. The smallest absolute Gasteiger partial charge is 0.226 e. The summed E-state index contributed by atoms with van der Waals surface area (Å²) in [6.07, 6.45) is 3.35. The first kappa shape index (κ1) is 9.97. The molecule has 80 valence electrons. The quantitative estimate of drug-likeness (QED) is 0.730. The summed E-state index contributed by atoms with van der Waals surface area (Å²) >= 11 is 0. The Hall–Kier alpha value is -0.570. The third-order valence-electron chi connectivity index (χ3n) is 3.17. The fraction of sp³-hybridized carbons (Fsp3) is 0.909. The standard InChI is InChI=1S/C11H20N2O/c1-8(2)13(10-5-6-12-7-10)11(14)9-3-4-9/h8-10,12H,3-7H2,1-2H3. The van der Waals surface area contributed by atoms with Crippen LogP contribution >= 0.6 is 0 Å². The van der Waals surface area contributed by atoms with Crippen molar-refractivity contribution in [2.24, 2.45) is 5.92 Å². The third-order valence-corrected chi connectivity index (χ3v) is 3.17. The molecule has 1 aliphatic carbocycles. The van der Waals surface area contributed by atoms with Gasteiger partial charge >= 0.3 is 0 Å². The van der Waals surface area contributed by atoms with Crippen LogP contribution in [0.3, 0.4) is 0 Å². The topological polar surface area (TPSA) is 32.3 Å². The Morgan fingerprint density at radius 3 is 2.50 bits per heavy atom. The van der Waals surface area contributed by atoms with Crippen molar-refractivity contribution in [2.45, 2.75) is 45.2 Å². The van der Waals surface area contributed by atoms with Gasteiger partial charge in [-0.2, -0.15) is 0 Å². The zero-order chi connectivity index (χ0) is 10.1. The Labute approximate surface area is 85.8 Å². The molecule has 2 rings (SSSR count). The van der Waals surface area contributed by atoms with Gasteiger partial charge in [-0.3, -0.25) is 4.79 Å². The van der Waals surface area contributed by atoms with E-state index < -0.39 is 0 Å². The van der Waals surface area contributed by atoms with Gasteiger partial charge in [-0.25, -0.2) is 0 Å². The van der Waals surface area contributed by atoms with E-state index in [-0.39, 0.29) is 0 Å². The van der Waals surface area contributed by atoms with Crippen LogP contribution in [0, 0.1) is 5.92 Å². The molecule has 1 amide bonds. The maximum atomic E-state index is 12.0. The van der Waals surface area contributed by atoms with Crippen molar-refractivity contribution in [3.63, 3.8) is 0 Å². The van der Waals surface area contributed by atoms with Crippen LogP contribution in [0.25, 0.3) is 0 Å². The molecule has 1 heterocycles. The van der Waals surface area contributed by atoms with E-state index >= 15 is 0 Å². The van der Waals surface area contributed by atoms with E-state index in [1.807, 2.05) is 0 Å². The van der Waals surface area contributed by atoms with Crippen molar-refractivity contribution in [1.82, 2.24) is 10.2 Å². The number of hydrogen-bond donors (Lipinski definition) is 1. The van der Waals surface area contributed by atoms with Gasteiger partial charge in [0.25, 0.3) is 0 Å². The molecule has 0 bridgehead atoms. The first-order chi connectivity index (χ1) is 6.70. The highest BCUT2D eigenvalue weighted by Gasteiger charge is 2.38. The normalized spacial score (nSPS) is 26.9. The molecule has 0 aromatic rings. The van der Waals surface area contributed by atoms with Crippen LogP contribution in [0.2, 0.25) is 0 Å². The molecule has 3 heteroatoms. The van der Waals surface area contributed by atoms with E-state index in [4.69, 9.17) is 0 Å². The second kappa shape index (κ2) is 3.89. The van der Waals surface area contributed by atoms with E-state index in [2.05, 4.69) is 24.1 Å². The lowest BCUT2D eigenvalue weighted by Crippen LogP contribution is -2.46. The highest BCUT2D eigenvalue weighted by molar-refractivity contribution is 5.81. The van der Waals surface area contributed by atoms with Crippen molar-refractivity contribution >= 4 is 5.91 Å². The van der Waals surface area contributed by atoms with Crippen LogP contribution in [-0.4, -0.2) is 36.0 Å². The Bertz CT molecular complexity index is 217. The average molecular weight is 196 g/mol. The third kappa shape index (κ3) is 1.92. The van der Waals surface area contributed by atoms with E-state index in [1.165, 1.54) is 0 Å². The van der Waals surface area contributed by atoms with Crippen molar-refractivity contribution < 1.29 is 4.79 Å². The predicted octanol–water partition coefficient (Wildman–Crippen LogP) is 0.995. The Balaban J connectivity index is 2.01. The van der Waals surface area contributed by atoms with Gasteiger partial charge in [-0.05, 0) is 39.7 Å². The summed E-state index contributed by atoms with van der Waals surface area (Å²) in [7, 11) is 0. The molecular formula is C11H20N2O. The maximum absolute atomic E-state index is 12.0. The van der Waals surface area contributed by atoms with Gasteiger partial charge in [0, 0.05) is 24.5 Å². The summed E-state index contributed by atoms with van der Waals surface area (Å²) in [4.78, 5) is 14.1. The molecule has 1 unspecified atom stereocenters. The fourth-order valence-electron chi connectivity index (χ4n) is 2.27. The number of rotatable bonds is 3. The second-order valence-corrected chi connectivity index (χ2v) is 4.76. The van der Waals surface area contributed by atoms with Gasteiger partial charge in [0.15, 0.2) is 0 Å². The number of nitrogens with one attached hydrogen (secondary N) is 1. The average Bonchev–Trinajstić information content (AvgIpc) is 2.85. The van der Waals surface area contributed by atoms with Crippen LogP contribution in [0.5, 0.6) is 0 Å². The minimum atomic E-state index is 0.355. The summed E-state index contributed by atoms with van der Waals surface area (Å²) in [5.74, 6) is 0.756. The molecule has 1 saturated carbocycles. The zero-order valence-electron chi connectivity index (χ0n) is 9.12. The van der Waals surface area contributed by atoms with E-state index in [9.17, 15) is 4.79 Å². The molecule has 0 aromatic heterocycles. The minimum absolute atomic E-state index is 0.355. The van der Waals surface area contributed by atoms with E-state index in [1.54, 1.807) is 0 Å². The first-order valence-electron chi connectivity index (χ1n) is 5.73. The molecule has 0 aromatic carbocycles. The molecule has 0 radical (unpaired) electrons. The minimum Gasteiger partial charge on any atom is -0.336 e. The van der Waals surface area contributed by atoms with E-state index in [0.717, 1.165) is 32.4 Å². The van der Waals surface area contributed by atoms with Crippen LogP contribution in [0.1, 0.15) is 33.1 Å². The van der Waals surface area contributed by atoms with E-state index in [0.29, 0.717) is 23.9 Å². The molecule has 2 aliphatic rings. The molecule has 1 N–H and O–H groups in total. The summed E-state index contributed by atoms with van der Waals surface area (Å²) in [5, 5.41) is 3.33.